The van der Waals surface area contributed by atoms with Crippen LogP contribution in [0.3, 0.4) is 0 Å². The van der Waals surface area contributed by atoms with Crippen molar-refractivity contribution in [2.45, 2.75) is 38.8 Å². The van der Waals surface area contributed by atoms with Crippen LogP contribution in [0.2, 0.25) is 0 Å². The van der Waals surface area contributed by atoms with Crippen molar-refractivity contribution in [3.05, 3.63) is 0 Å². The zero-order valence-corrected chi connectivity index (χ0v) is 10.2. The second-order valence-electron chi connectivity index (χ2n) is 4.53. The zero-order chi connectivity index (χ0) is 12.3. The number of rotatable bonds is 3. The van der Waals surface area contributed by atoms with Gasteiger partial charge >= 0.3 is 0 Å². The van der Waals surface area contributed by atoms with Crippen LogP contribution in [0.25, 0.3) is 0 Å². The molecular weight excluding hydrogens is 206 g/mol. The smallest absolute Gasteiger partial charge is 0.239 e. The lowest BCUT2D eigenvalue weighted by Crippen LogP contribution is -2.53. The molecule has 1 rings (SSSR count). The number of amides is 2. The van der Waals surface area contributed by atoms with E-state index in [0.29, 0.717) is 6.54 Å². The van der Waals surface area contributed by atoms with E-state index in [4.69, 9.17) is 5.73 Å². The van der Waals surface area contributed by atoms with E-state index < -0.39 is 0 Å². The second-order valence-corrected chi connectivity index (χ2v) is 4.53. The molecule has 5 heteroatoms. The maximum absolute atomic E-state index is 12.0. The molecule has 0 bridgehead atoms. The van der Waals surface area contributed by atoms with Crippen molar-refractivity contribution < 1.29 is 9.59 Å². The number of likely N-dealkylation sites (tertiary alicyclic amines) is 1. The Morgan fingerprint density at radius 1 is 1.44 bits per heavy atom. The number of nitrogens with zero attached hydrogens (tertiary/aromatic N) is 1. The fourth-order valence-electron chi connectivity index (χ4n) is 2.02. The first-order valence-electron chi connectivity index (χ1n) is 5.74. The van der Waals surface area contributed by atoms with E-state index in [-0.39, 0.29) is 29.8 Å². The monoisotopic (exact) mass is 227 g/mol. The SMILES string of the molecule is CNC(C)C(=O)N1CC(C(N)=O)CCC1C. The number of carbonyl (C=O) groups excluding carboxylic acids is 2. The van der Waals surface area contributed by atoms with Gasteiger partial charge in [-0.3, -0.25) is 9.59 Å². The summed E-state index contributed by atoms with van der Waals surface area (Å²) in [6.07, 6.45) is 1.63. The quantitative estimate of drug-likeness (QED) is 0.695. The Labute approximate surface area is 96.4 Å². The Bertz CT molecular complexity index is 280. The third kappa shape index (κ3) is 2.72. The predicted octanol–water partition coefficient (Wildman–Crippen LogP) is -0.293. The van der Waals surface area contributed by atoms with Gasteiger partial charge in [0.2, 0.25) is 11.8 Å². The van der Waals surface area contributed by atoms with Crippen molar-refractivity contribution in [3.8, 4) is 0 Å². The molecule has 0 spiro atoms. The third-order valence-electron chi connectivity index (χ3n) is 3.37. The summed E-state index contributed by atoms with van der Waals surface area (Å²) < 4.78 is 0. The van der Waals surface area contributed by atoms with Gasteiger partial charge in [0.05, 0.1) is 12.0 Å². The minimum Gasteiger partial charge on any atom is -0.369 e. The summed E-state index contributed by atoms with van der Waals surface area (Å²) in [5, 5.41) is 2.92. The van der Waals surface area contributed by atoms with Crippen LogP contribution in [0.15, 0.2) is 0 Å². The van der Waals surface area contributed by atoms with Crippen molar-refractivity contribution in [2.24, 2.45) is 11.7 Å². The highest BCUT2D eigenvalue weighted by atomic mass is 16.2. The van der Waals surface area contributed by atoms with Crippen LogP contribution in [-0.2, 0) is 9.59 Å². The van der Waals surface area contributed by atoms with Gasteiger partial charge in [-0.25, -0.2) is 0 Å². The van der Waals surface area contributed by atoms with Gasteiger partial charge in [-0.1, -0.05) is 0 Å². The van der Waals surface area contributed by atoms with Crippen LogP contribution in [0.4, 0.5) is 0 Å². The van der Waals surface area contributed by atoms with E-state index in [0.717, 1.165) is 12.8 Å². The van der Waals surface area contributed by atoms with E-state index in [1.807, 2.05) is 13.8 Å². The highest BCUT2D eigenvalue weighted by molar-refractivity contribution is 5.83. The summed E-state index contributed by atoms with van der Waals surface area (Å²) in [6.45, 7) is 4.29. The molecule has 0 radical (unpaired) electrons. The first kappa shape index (κ1) is 13.0. The molecule has 1 saturated heterocycles. The fourth-order valence-corrected chi connectivity index (χ4v) is 2.02. The molecule has 5 nitrogen and oxygen atoms in total. The molecule has 1 aliphatic rings. The molecule has 3 atom stereocenters. The molecule has 1 aliphatic heterocycles. The van der Waals surface area contributed by atoms with E-state index >= 15 is 0 Å². The Hall–Kier alpha value is -1.10. The fraction of sp³-hybridized carbons (Fsp3) is 0.818. The molecule has 3 unspecified atom stereocenters. The van der Waals surface area contributed by atoms with Gasteiger partial charge in [-0.15, -0.1) is 0 Å². The first-order valence-corrected chi connectivity index (χ1v) is 5.74. The molecule has 0 aromatic rings. The standard InChI is InChI=1S/C11H21N3O2/c1-7-4-5-9(10(12)15)6-14(7)11(16)8(2)13-3/h7-9,13H,4-6H2,1-3H3,(H2,12,15). The molecular formula is C11H21N3O2. The molecule has 16 heavy (non-hydrogen) atoms. The summed E-state index contributed by atoms with van der Waals surface area (Å²) in [7, 11) is 1.75. The number of nitrogens with one attached hydrogen (secondary N) is 1. The number of primary amides is 1. The van der Waals surface area contributed by atoms with Gasteiger partial charge in [-0.2, -0.15) is 0 Å². The average Bonchev–Trinajstić information content (AvgIpc) is 2.27. The molecule has 0 saturated carbocycles. The lowest BCUT2D eigenvalue weighted by Gasteiger charge is -2.38. The number of hydrogen-bond donors (Lipinski definition) is 2. The van der Waals surface area contributed by atoms with Crippen LogP contribution >= 0.6 is 0 Å². The van der Waals surface area contributed by atoms with E-state index in [1.165, 1.54) is 0 Å². The normalized spacial score (nSPS) is 27.6. The Kier molecular flexibility index (Phi) is 4.29. The molecule has 0 aromatic heterocycles. The lowest BCUT2D eigenvalue weighted by molar-refractivity contribution is -0.139. The Morgan fingerprint density at radius 2 is 2.06 bits per heavy atom. The predicted molar refractivity (Wildman–Crippen MR) is 61.6 cm³/mol. The number of nitrogens with two attached hydrogens (primary N) is 1. The largest absolute Gasteiger partial charge is 0.369 e. The van der Waals surface area contributed by atoms with Crippen molar-refractivity contribution >= 4 is 11.8 Å². The van der Waals surface area contributed by atoms with E-state index in [9.17, 15) is 9.59 Å². The van der Waals surface area contributed by atoms with Gasteiger partial charge in [0, 0.05) is 12.6 Å². The van der Waals surface area contributed by atoms with Crippen molar-refractivity contribution in [2.75, 3.05) is 13.6 Å². The topological polar surface area (TPSA) is 75.4 Å². The summed E-state index contributed by atoms with van der Waals surface area (Å²) in [5.74, 6) is -0.452. The highest BCUT2D eigenvalue weighted by Gasteiger charge is 2.32. The second kappa shape index (κ2) is 5.30. The number of likely N-dealkylation sites (N-methyl/N-ethyl adjacent to an activating group) is 1. The van der Waals surface area contributed by atoms with Crippen LogP contribution < -0.4 is 11.1 Å². The van der Waals surface area contributed by atoms with Crippen molar-refractivity contribution in [3.63, 3.8) is 0 Å². The minimum atomic E-state index is -0.304. The lowest BCUT2D eigenvalue weighted by atomic mass is 9.92. The molecule has 2 amide bonds. The zero-order valence-electron chi connectivity index (χ0n) is 10.2. The summed E-state index contributed by atoms with van der Waals surface area (Å²) >= 11 is 0. The Morgan fingerprint density at radius 3 is 2.56 bits per heavy atom. The van der Waals surface area contributed by atoms with Crippen LogP contribution in [0, 0.1) is 5.92 Å². The number of carbonyl (C=O) groups is 2. The third-order valence-corrected chi connectivity index (χ3v) is 3.37. The average molecular weight is 227 g/mol. The van der Waals surface area contributed by atoms with Crippen molar-refractivity contribution in [1.29, 1.82) is 0 Å². The number of piperidine rings is 1. The van der Waals surface area contributed by atoms with Gasteiger partial charge in [0.15, 0.2) is 0 Å². The minimum absolute atomic E-state index is 0.0425. The molecule has 3 N–H and O–H groups in total. The Balaban J connectivity index is 2.69. The van der Waals surface area contributed by atoms with E-state index in [2.05, 4.69) is 5.32 Å². The maximum atomic E-state index is 12.0. The molecule has 1 heterocycles. The highest BCUT2D eigenvalue weighted by Crippen LogP contribution is 2.22. The molecule has 0 aromatic carbocycles. The van der Waals surface area contributed by atoms with Crippen LogP contribution in [-0.4, -0.2) is 42.4 Å². The molecule has 92 valence electrons. The molecule has 1 fully saturated rings. The van der Waals surface area contributed by atoms with Crippen LogP contribution in [0.5, 0.6) is 0 Å². The first-order chi connectivity index (χ1) is 7.47. The maximum Gasteiger partial charge on any atom is 0.239 e. The van der Waals surface area contributed by atoms with Gasteiger partial charge in [0.1, 0.15) is 0 Å². The molecule has 0 aliphatic carbocycles. The van der Waals surface area contributed by atoms with Gasteiger partial charge in [-0.05, 0) is 33.7 Å². The summed E-state index contributed by atoms with van der Waals surface area (Å²) in [5.41, 5.74) is 5.29. The van der Waals surface area contributed by atoms with Crippen molar-refractivity contribution in [1.82, 2.24) is 10.2 Å². The van der Waals surface area contributed by atoms with Gasteiger partial charge in [0.25, 0.3) is 0 Å². The van der Waals surface area contributed by atoms with E-state index in [1.54, 1.807) is 11.9 Å². The summed E-state index contributed by atoms with van der Waals surface area (Å²) in [4.78, 5) is 24.9. The summed E-state index contributed by atoms with van der Waals surface area (Å²) in [6, 6.07) is -0.0204. The number of hydrogen-bond acceptors (Lipinski definition) is 3. The van der Waals surface area contributed by atoms with Gasteiger partial charge < -0.3 is 16.0 Å². The van der Waals surface area contributed by atoms with Crippen LogP contribution in [0.1, 0.15) is 26.7 Å².